The molecule has 8 heteroatoms. The lowest BCUT2D eigenvalue weighted by Gasteiger charge is -2.12. The van der Waals surface area contributed by atoms with E-state index in [2.05, 4.69) is 5.32 Å². The molecule has 1 aromatic rings. The van der Waals surface area contributed by atoms with Crippen LogP contribution >= 0.6 is 11.8 Å². The zero-order valence-electron chi connectivity index (χ0n) is 9.65. The number of aliphatic hydroxyl groups is 2. The monoisotopic (exact) mass is 295 g/mol. The molecule has 1 amide bonds. The quantitative estimate of drug-likeness (QED) is 0.718. The molecule has 19 heavy (non-hydrogen) atoms. The Morgan fingerprint density at radius 2 is 2.00 bits per heavy atom. The molecule has 1 aromatic carbocycles. The third kappa shape index (κ3) is 5.50. The molecule has 0 fully saturated rings. The Kier molecular flexibility index (Phi) is 5.64. The first-order valence-corrected chi connectivity index (χ1v) is 6.07. The maximum atomic E-state index is 12.3. The molecule has 0 aliphatic carbocycles. The van der Waals surface area contributed by atoms with Crippen molar-refractivity contribution in [3.05, 3.63) is 29.8 Å². The minimum absolute atomic E-state index is 0.130. The summed E-state index contributed by atoms with van der Waals surface area (Å²) in [7, 11) is 0. The number of thioether (sulfide) groups is 1. The van der Waals surface area contributed by atoms with E-state index in [-0.39, 0.29) is 28.8 Å². The van der Waals surface area contributed by atoms with E-state index < -0.39 is 24.1 Å². The molecule has 106 valence electrons. The van der Waals surface area contributed by atoms with Gasteiger partial charge in [0.25, 0.3) is 5.91 Å². The normalized spacial score (nSPS) is 13.1. The fourth-order valence-electron chi connectivity index (χ4n) is 1.24. The largest absolute Gasteiger partial charge is 0.446 e. The van der Waals surface area contributed by atoms with Crippen molar-refractivity contribution in [3.8, 4) is 0 Å². The van der Waals surface area contributed by atoms with E-state index in [1.165, 1.54) is 24.3 Å². The second-order valence-corrected chi connectivity index (χ2v) is 4.70. The number of amides is 1. The summed E-state index contributed by atoms with van der Waals surface area (Å²) in [5, 5.41) is 19.9. The van der Waals surface area contributed by atoms with E-state index >= 15 is 0 Å². The van der Waals surface area contributed by atoms with E-state index in [0.29, 0.717) is 0 Å². The van der Waals surface area contributed by atoms with Crippen LogP contribution in [-0.4, -0.2) is 40.9 Å². The van der Waals surface area contributed by atoms with Gasteiger partial charge in [-0.2, -0.15) is 13.2 Å². The average molecular weight is 295 g/mol. The number of alkyl halides is 3. The van der Waals surface area contributed by atoms with E-state index in [1.54, 1.807) is 0 Å². The molecule has 0 bridgehead atoms. The fourth-order valence-corrected chi connectivity index (χ4v) is 1.90. The van der Waals surface area contributed by atoms with Crippen LogP contribution < -0.4 is 5.32 Å². The van der Waals surface area contributed by atoms with Crippen LogP contribution in [0.5, 0.6) is 0 Å². The lowest BCUT2D eigenvalue weighted by molar-refractivity contribution is -0.0328. The standard InChI is InChI=1S/C11H12F3NO3S/c12-11(13,14)19-9-4-2-1-3-8(9)10(18)15-5-7(17)6-16/h1-4,7,16-17H,5-6H2,(H,15,18). The number of aliphatic hydroxyl groups excluding tert-OH is 2. The van der Waals surface area contributed by atoms with Gasteiger partial charge in [-0.3, -0.25) is 4.79 Å². The van der Waals surface area contributed by atoms with Gasteiger partial charge in [-0.25, -0.2) is 0 Å². The minimum Gasteiger partial charge on any atom is -0.394 e. The molecule has 0 aliphatic rings. The molecule has 0 saturated carbocycles. The summed E-state index contributed by atoms with van der Waals surface area (Å²) in [5.41, 5.74) is -4.61. The highest BCUT2D eigenvalue weighted by Gasteiger charge is 2.31. The smallest absolute Gasteiger partial charge is 0.394 e. The fraction of sp³-hybridized carbons (Fsp3) is 0.364. The van der Waals surface area contributed by atoms with Crippen LogP contribution in [0.1, 0.15) is 10.4 Å². The highest BCUT2D eigenvalue weighted by molar-refractivity contribution is 8.00. The van der Waals surface area contributed by atoms with Crippen molar-refractivity contribution >= 4 is 17.7 Å². The van der Waals surface area contributed by atoms with Crippen LogP contribution in [0.15, 0.2) is 29.2 Å². The lowest BCUT2D eigenvalue weighted by atomic mass is 10.2. The van der Waals surface area contributed by atoms with Crippen LogP contribution in [0.3, 0.4) is 0 Å². The molecule has 0 saturated heterocycles. The molecule has 0 spiro atoms. The first-order valence-electron chi connectivity index (χ1n) is 5.25. The summed E-state index contributed by atoms with van der Waals surface area (Å²) in [6, 6.07) is 5.29. The van der Waals surface area contributed by atoms with Gasteiger partial charge in [0.1, 0.15) is 0 Å². The summed E-state index contributed by atoms with van der Waals surface area (Å²) in [5.74, 6) is -0.736. The SMILES string of the molecule is O=C(NCC(O)CO)c1ccccc1SC(F)(F)F. The van der Waals surface area contributed by atoms with Crippen molar-refractivity contribution in [1.82, 2.24) is 5.32 Å². The minimum atomic E-state index is -4.49. The molecule has 0 aromatic heterocycles. The summed E-state index contributed by atoms with van der Waals surface area (Å²) in [6.45, 7) is -0.778. The number of rotatable bonds is 5. The molecule has 1 unspecified atom stereocenters. The van der Waals surface area contributed by atoms with Gasteiger partial charge in [0.05, 0.1) is 18.3 Å². The van der Waals surface area contributed by atoms with Gasteiger partial charge in [-0.1, -0.05) is 12.1 Å². The Balaban J connectivity index is 2.79. The Morgan fingerprint density at radius 3 is 2.58 bits per heavy atom. The van der Waals surface area contributed by atoms with Gasteiger partial charge in [-0.05, 0) is 23.9 Å². The van der Waals surface area contributed by atoms with Gasteiger partial charge in [0.15, 0.2) is 0 Å². The summed E-state index contributed by atoms with van der Waals surface area (Å²) in [6.07, 6.45) is -1.15. The Labute approximate surface area is 111 Å². The van der Waals surface area contributed by atoms with Gasteiger partial charge in [-0.15, -0.1) is 0 Å². The predicted octanol–water partition coefficient (Wildman–Crippen LogP) is 1.38. The molecule has 0 heterocycles. The number of hydrogen-bond acceptors (Lipinski definition) is 4. The molecule has 1 rings (SSSR count). The summed E-state index contributed by atoms with van der Waals surface area (Å²) < 4.78 is 36.9. The topological polar surface area (TPSA) is 69.6 Å². The predicted molar refractivity (Wildman–Crippen MR) is 63.8 cm³/mol. The molecule has 4 nitrogen and oxygen atoms in total. The van der Waals surface area contributed by atoms with Gasteiger partial charge in [0, 0.05) is 11.4 Å². The maximum absolute atomic E-state index is 12.3. The maximum Gasteiger partial charge on any atom is 0.446 e. The van der Waals surface area contributed by atoms with E-state index in [0.717, 1.165) is 0 Å². The van der Waals surface area contributed by atoms with Crippen molar-refractivity contribution in [1.29, 1.82) is 0 Å². The number of hydrogen-bond donors (Lipinski definition) is 3. The van der Waals surface area contributed by atoms with Crippen molar-refractivity contribution in [2.45, 2.75) is 16.5 Å². The second-order valence-electron chi connectivity index (χ2n) is 3.59. The van der Waals surface area contributed by atoms with Crippen molar-refractivity contribution in [2.24, 2.45) is 0 Å². The number of carbonyl (C=O) groups is 1. The van der Waals surface area contributed by atoms with Crippen LogP contribution in [-0.2, 0) is 0 Å². The number of halogens is 3. The Hall–Kier alpha value is -1.25. The van der Waals surface area contributed by atoms with Gasteiger partial charge in [0.2, 0.25) is 0 Å². The van der Waals surface area contributed by atoms with Crippen LogP contribution in [0.25, 0.3) is 0 Å². The summed E-state index contributed by atoms with van der Waals surface area (Å²) >= 11 is -0.377. The van der Waals surface area contributed by atoms with Gasteiger partial charge < -0.3 is 15.5 Å². The zero-order valence-corrected chi connectivity index (χ0v) is 10.5. The molecule has 3 N–H and O–H groups in total. The molecule has 1 atom stereocenters. The van der Waals surface area contributed by atoms with Crippen LogP contribution in [0.2, 0.25) is 0 Å². The third-order valence-electron chi connectivity index (χ3n) is 2.07. The van der Waals surface area contributed by atoms with E-state index in [9.17, 15) is 18.0 Å². The lowest BCUT2D eigenvalue weighted by Crippen LogP contribution is -2.34. The van der Waals surface area contributed by atoms with E-state index in [1.807, 2.05) is 0 Å². The van der Waals surface area contributed by atoms with E-state index in [4.69, 9.17) is 10.2 Å². The van der Waals surface area contributed by atoms with Crippen LogP contribution in [0, 0.1) is 0 Å². The molecule has 0 aliphatic heterocycles. The average Bonchev–Trinajstić information content (AvgIpc) is 2.34. The second kappa shape index (κ2) is 6.78. The highest BCUT2D eigenvalue weighted by atomic mass is 32.2. The Bertz CT molecular complexity index is 439. The zero-order chi connectivity index (χ0) is 14.5. The first-order chi connectivity index (χ1) is 8.83. The summed E-state index contributed by atoms with van der Waals surface area (Å²) in [4.78, 5) is 11.5. The highest BCUT2D eigenvalue weighted by Crippen LogP contribution is 2.38. The van der Waals surface area contributed by atoms with Gasteiger partial charge >= 0.3 is 5.51 Å². The first kappa shape index (κ1) is 15.8. The van der Waals surface area contributed by atoms with Crippen molar-refractivity contribution in [2.75, 3.05) is 13.2 Å². The third-order valence-corrected chi connectivity index (χ3v) is 2.87. The molecular formula is C11H12F3NO3S. The van der Waals surface area contributed by atoms with Crippen LogP contribution in [0.4, 0.5) is 13.2 Å². The van der Waals surface area contributed by atoms with Crippen molar-refractivity contribution in [3.63, 3.8) is 0 Å². The molecular weight excluding hydrogens is 283 g/mol. The molecule has 0 radical (unpaired) electrons. The number of nitrogens with one attached hydrogen (secondary N) is 1. The number of carbonyl (C=O) groups excluding carboxylic acids is 1. The Morgan fingerprint density at radius 1 is 1.37 bits per heavy atom. The number of benzene rings is 1. The van der Waals surface area contributed by atoms with Crippen molar-refractivity contribution < 1.29 is 28.2 Å².